The van der Waals surface area contributed by atoms with Gasteiger partial charge in [0.15, 0.2) is 11.6 Å². The average molecular weight is 239 g/mol. The molecule has 0 spiro atoms. The van der Waals surface area contributed by atoms with Crippen LogP contribution in [-0.4, -0.2) is 19.9 Å². The number of aromatic amines is 1. The molecule has 0 atom stereocenters. The Morgan fingerprint density at radius 3 is 2.67 bits per heavy atom. The zero-order valence-corrected chi connectivity index (χ0v) is 10.2. The molecule has 0 radical (unpaired) electrons. The Morgan fingerprint density at radius 2 is 1.89 bits per heavy atom. The molecular weight excluding hydrogens is 226 g/mol. The fraction of sp³-hybridized carbons (Fsp3) is 0.154. The van der Waals surface area contributed by atoms with Crippen molar-refractivity contribution >= 4 is 16.9 Å². The minimum absolute atomic E-state index is 0.380. The predicted molar refractivity (Wildman–Crippen MR) is 71.0 cm³/mol. The highest BCUT2D eigenvalue weighted by Gasteiger charge is 2.11. The van der Waals surface area contributed by atoms with Crippen LogP contribution in [0.1, 0.15) is 11.1 Å². The monoisotopic (exact) mass is 239 g/mol. The van der Waals surface area contributed by atoms with Crippen molar-refractivity contribution in [3.63, 3.8) is 0 Å². The van der Waals surface area contributed by atoms with Crippen molar-refractivity contribution in [2.45, 2.75) is 13.8 Å². The SMILES string of the molecule is Cc1cc(C)c2nc(-c3nccnc3N)[nH]c2c1. The van der Waals surface area contributed by atoms with E-state index >= 15 is 0 Å². The Hall–Kier alpha value is -2.43. The topological polar surface area (TPSA) is 80.5 Å². The molecule has 0 bridgehead atoms. The number of nitrogens with one attached hydrogen (secondary N) is 1. The Bertz CT molecular complexity index is 729. The van der Waals surface area contributed by atoms with Gasteiger partial charge in [-0.05, 0) is 31.0 Å². The molecule has 0 fully saturated rings. The number of nitrogens with two attached hydrogens (primary N) is 1. The van der Waals surface area contributed by atoms with E-state index in [0.717, 1.165) is 16.6 Å². The van der Waals surface area contributed by atoms with Gasteiger partial charge in [0.25, 0.3) is 0 Å². The number of H-pyrrole nitrogens is 1. The molecule has 18 heavy (non-hydrogen) atoms. The van der Waals surface area contributed by atoms with Crippen LogP contribution < -0.4 is 5.73 Å². The van der Waals surface area contributed by atoms with E-state index in [1.807, 2.05) is 6.92 Å². The van der Waals surface area contributed by atoms with Crippen LogP contribution in [0.4, 0.5) is 5.82 Å². The van der Waals surface area contributed by atoms with Crippen molar-refractivity contribution in [2.75, 3.05) is 5.73 Å². The minimum Gasteiger partial charge on any atom is -0.382 e. The summed E-state index contributed by atoms with van der Waals surface area (Å²) in [5.74, 6) is 1.04. The quantitative estimate of drug-likeness (QED) is 0.682. The third kappa shape index (κ3) is 1.60. The van der Waals surface area contributed by atoms with Gasteiger partial charge in [-0.1, -0.05) is 6.07 Å². The number of benzene rings is 1. The Labute approximate surface area is 104 Å². The van der Waals surface area contributed by atoms with Crippen LogP contribution in [0.5, 0.6) is 0 Å². The molecule has 5 nitrogen and oxygen atoms in total. The maximum absolute atomic E-state index is 5.81. The normalized spacial score (nSPS) is 11.0. The van der Waals surface area contributed by atoms with Crippen molar-refractivity contribution in [1.82, 2.24) is 19.9 Å². The molecule has 0 saturated heterocycles. The van der Waals surface area contributed by atoms with Crippen molar-refractivity contribution in [1.29, 1.82) is 0 Å². The maximum atomic E-state index is 5.81. The van der Waals surface area contributed by atoms with Gasteiger partial charge in [-0.2, -0.15) is 0 Å². The Kier molecular flexibility index (Phi) is 2.26. The van der Waals surface area contributed by atoms with E-state index in [1.54, 1.807) is 12.4 Å². The highest BCUT2D eigenvalue weighted by Crippen LogP contribution is 2.24. The lowest BCUT2D eigenvalue weighted by Crippen LogP contribution is -1.96. The number of nitrogens with zero attached hydrogens (tertiary/aromatic N) is 3. The maximum Gasteiger partial charge on any atom is 0.161 e. The second-order valence-corrected chi connectivity index (χ2v) is 4.35. The standard InChI is InChI=1S/C13H13N5/c1-7-5-8(2)10-9(6-7)17-13(18-10)11-12(14)16-4-3-15-11/h3-6H,1-2H3,(H2,14,16)(H,17,18). The van der Waals surface area contributed by atoms with Gasteiger partial charge in [-0.25, -0.2) is 15.0 Å². The Balaban J connectivity index is 2.26. The zero-order valence-electron chi connectivity index (χ0n) is 10.2. The first kappa shape index (κ1) is 10.7. The fourth-order valence-electron chi connectivity index (χ4n) is 2.11. The summed E-state index contributed by atoms with van der Waals surface area (Å²) in [6.45, 7) is 4.10. The van der Waals surface area contributed by atoms with Crippen LogP contribution in [0, 0.1) is 13.8 Å². The van der Waals surface area contributed by atoms with Crippen LogP contribution in [-0.2, 0) is 0 Å². The summed E-state index contributed by atoms with van der Waals surface area (Å²) >= 11 is 0. The number of imidazole rings is 1. The first-order chi connectivity index (χ1) is 8.65. The summed E-state index contributed by atoms with van der Waals surface area (Å²) < 4.78 is 0. The second kappa shape index (κ2) is 3.80. The van der Waals surface area contributed by atoms with Gasteiger partial charge in [-0.3, -0.25) is 0 Å². The van der Waals surface area contributed by atoms with Crippen molar-refractivity contribution < 1.29 is 0 Å². The number of aryl methyl sites for hydroxylation is 2. The van der Waals surface area contributed by atoms with Gasteiger partial charge in [0, 0.05) is 12.4 Å². The van der Waals surface area contributed by atoms with Crippen molar-refractivity contribution in [3.05, 3.63) is 35.7 Å². The minimum atomic E-state index is 0.380. The molecular formula is C13H13N5. The van der Waals surface area contributed by atoms with E-state index in [-0.39, 0.29) is 0 Å². The number of anilines is 1. The summed E-state index contributed by atoms with van der Waals surface area (Å²) in [5, 5.41) is 0. The van der Waals surface area contributed by atoms with E-state index in [1.165, 1.54) is 5.56 Å². The third-order valence-corrected chi connectivity index (χ3v) is 2.87. The lowest BCUT2D eigenvalue weighted by molar-refractivity contribution is 1.17. The molecule has 0 saturated carbocycles. The number of aromatic nitrogens is 4. The summed E-state index contributed by atoms with van der Waals surface area (Å²) in [4.78, 5) is 16.0. The number of hydrogen-bond acceptors (Lipinski definition) is 4. The van der Waals surface area contributed by atoms with E-state index in [2.05, 4.69) is 39.0 Å². The molecule has 0 aliphatic heterocycles. The molecule has 3 aromatic rings. The van der Waals surface area contributed by atoms with Gasteiger partial charge < -0.3 is 10.7 Å². The molecule has 0 amide bonds. The molecule has 0 unspecified atom stereocenters. The van der Waals surface area contributed by atoms with Gasteiger partial charge in [0.05, 0.1) is 11.0 Å². The highest BCUT2D eigenvalue weighted by atomic mass is 15.0. The first-order valence-electron chi connectivity index (χ1n) is 5.69. The van der Waals surface area contributed by atoms with Gasteiger partial charge in [0.2, 0.25) is 0 Å². The first-order valence-corrected chi connectivity index (χ1v) is 5.69. The summed E-state index contributed by atoms with van der Waals surface area (Å²) in [7, 11) is 0. The van der Waals surface area contributed by atoms with Crippen LogP contribution in [0.25, 0.3) is 22.6 Å². The largest absolute Gasteiger partial charge is 0.382 e. The van der Waals surface area contributed by atoms with Crippen LogP contribution in [0.3, 0.4) is 0 Å². The van der Waals surface area contributed by atoms with Crippen LogP contribution >= 0.6 is 0 Å². The number of rotatable bonds is 1. The lowest BCUT2D eigenvalue weighted by atomic mass is 10.1. The molecule has 3 N–H and O–H groups in total. The van der Waals surface area contributed by atoms with Crippen LogP contribution in [0.2, 0.25) is 0 Å². The van der Waals surface area contributed by atoms with Gasteiger partial charge in [-0.15, -0.1) is 0 Å². The zero-order chi connectivity index (χ0) is 12.7. The van der Waals surface area contributed by atoms with E-state index < -0.39 is 0 Å². The van der Waals surface area contributed by atoms with E-state index in [4.69, 9.17) is 5.73 Å². The molecule has 1 aromatic carbocycles. The highest BCUT2D eigenvalue weighted by molar-refractivity contribution is 5.83. The smallest absolute Gasteiger partial charge is 0.161 e. The predicted octanol–water partition coefficient (Wildman–Crippen LogP) is 2.22. The average Bonchev–Trinajstić information content (AvgIpc) is 2.73. The molecule has 2 heterocycles. The second-order valence-electron chi connectivity index (χ2n) is 4.35. The number of fused-ring (bicyclic) bond motifs is 1. The van der Waals surface area contributed by atoms with Crippen molar-refractivity contribution in [3.8, 4) is 11.5 Å². The molecule has 0 aliphatic rings. The van der Waals surface area contributed by atoms with E-state index in [9.17, 15) is 0 Å². The fourth-order valence-corrected chi connectivity index (χ4v) is 2.11. The molecule has 2 aromatic heterocycles. The summed E-state index contributed by atoms with van der Waals surface area (Å²) in [6.07, 6.45) is 3.17. The summed E-state index contributed by atoms with van der Waals surface area (Å²) in [6, 6.07) is 4.17. The number of hydrogen-bond donors (Lipinski definition) is 2. The molecule has 5 heteroatoms. The van der Waals surface area contributed by atoms with Crippen LogP contribution in [0.15, 0.2) is 24.5 Å². The Morgan fingerprint density at radius 1 is 1.11 bits per heavy atom. The number of nitrogen functional groups attached to an aromatic ring is 1. The van der Waals surface area contributed by atoms with Gasteiger partial charge >= 0.3 is 0 Å². The van der Waals surface area contributed by atoms with E-state index in [0.29, 0.717) is 17.3 Å². The summed E-state index contributed by atoms with van der Waals surface area (Å²) in [5.41, 5.74) is 10.7. The van der Waals surface area contributed by atoms with Crippen molar-refractivity contribution in [2.24, 2.45) is 0 Å². The van der Waals surface area contributed by atoms with Gasteiger partial charge in [0.1, 0.15) is 5.69 Å². The molecule has 3 rings (SSSR count). The molecule has 90 valence electrons. The third-order valence-electron chi connectivity index (χ3n) is 2.87. The lowest BCUT2D eigenvalue weighted by Gasteiger charge is -1.97. The molecule has 0 aliphatic carbocycles.